The standard InChI is InChI=1S/C12H13ClN4OS2/c1-2-10-15-12(20-17-10)19-6-8-4-3-7(5-9(8)13)11(14)16-18/h3-5,18H,2,6H2,1H3,(H2,14,16). The third-order valence-corrected chi connectivity index (χ3v) is 4.85. The molecule has 1 aromatic heterocycles. The van der Waals surface area contributed by atoms with Crippen molar-refractivity contribution in [2.45, 2.75) is 23.4 Å². The van der Waals surface area contributed by atoms with Gasteiger partial charge in [0.25, 0.3) is 0 Å². The van der Waals surface area contributed by atoms with E-state index in [2.05, 4.69) is 14.5 Å². The summed E-state index contributed by atoms with van der Waals surface area (Å²) >= 11 is 9.18. The average molecular weight is 329 g/mol. The van der Waals surface area contributed by atoms with Crippen LogP contribution in [0.3, 0.4) is 0 Å². The summed E-state index contributed by atoms with van der Waals surface area (Å²) in [5, 5.41) is 12.2. The highest BCUT2D eigenvalue weighted by molar-refractivity contribution is 8.00. The molecule has 0 amide bonds. The number of thioether (sulfide) groups is 1. The van der Waals surface area contributed by atoms with E-state index in [4.69, 9.17) is 22.5 Å². The Kier molecular flexibility index (Phi) is 5.22. The molecule has 1 heterocycles. The Labute approximate surface area is 130 Å². The monoisotopic (exact) mass is 328 g/mol. The lowest BCUT2D eigenvalue weighted by Gasteiger charge is -2.05. The first kappa shape index (κ1) is 15.1. The number of hydrogen-bond acceptors (Lipinski definition) is 6. The lowest BCUT2D eigenvalue weighted by atomic mass is 10.1. The Hall–Kier alpha value is -1.31. The van der Waals surface area contributed by atoms with Crippen molar-refractivity contribution in [3.63, 3.8) is 0 Å². The third-order valence-electron chi connectivity index (χ3n) is 2.57. The largest absolute Gasteiger partial charge is 0.409 e. The molecule has 8 heteroatoms. The minimum atomic E-state index is 0.0443. The fourth-order valence-electron chi connectivity index (χ4n) is 1.46. The highest BCUT2D eigenvalue weighted by Gasteiger charge is 2.08. The molecule has 5 nitrogen and oxygen atoms in total. The number of rotatable bonds is 5. The molecule has 0 unspecified atom stereocenters. The molecule has 20 heavy (non-hydrogen) atoms. The topological polar surface area (TPSA) is 84.4 Å². The molecule has 0 radical (unpaired) electrons. The second-order valence-electron chi connectivity index (χ2n) is 3.91. The summed E-state index contributed by atoms with van der Waals surface area (Å²) in [6, 6.07) is 5.32. The van der Waals surface area contributed by atoms with Gasteiger partial charge in [-0.25, -0.2) is 4.98 Å². The molecule has 2 aromatic rings. The van der Waals surface area contributed by atoms with Gasteiger partial charge in [0.2, 0.25) is 0 Å². The summed E-state index contributed by atoms with van der Waals surface area (Å²) in [6.07, 6.45) is 0.840. The van der Waals surface area contributed by atoms with Crippen LogP contribution in [0.1, 0.15) is 23.9 Å². The van der Waals surface area contributed by atoms with E-state index in [-0.39, 0.29) is 5.84 Å². The molecule has 0 aliphatic heterocycles. The number of amidine groups is 1. The smallest absolute Gasteiger partial charge is 0.170 e. The second kappa shape index (κ2) is 6.92. The van der Waals surface area contributed by atoms with Crippen LogP contribution in [-0.2, 0) is 12.2 Å². The van der Waals surface area contributed by atoms with Gasteiger partial charge in [-0.15, -0.1) is 0 Å². The summed E-state index contributed by atoms with van der Waals surface area (Å²) in [6.45, 7) is 2.03. The zero-order valence-corrected chi connectivity index (χ0v) is 13.1. The molecule has 1 aromatic carbocycles. The van der Waals surface area contributed by atoms with Crippen LogP contribution in [-0.4, -0.2) is 20.4 Å². The van der Waals surface area contributed by atoms with Crippen molar-refractivity contribution in [2.75, 3.05) is 0 Å². The van der Waals surface area contributed by atoms with Gasteiger partial charge in [-0.2, -0.15) is 4.37 Å². The SMILES string of the molecule is CCc1nsc(SCc2ccc(/C(N)=N/O)cc2Cl)n1. The molecule has 0 saturated carbocycles. The fraction of sp³-hybridized carbons (Fsp3) is 0.250. The van der Waals surface area contributed by atoms with Crippen molar-refractivity contribution < 1.29 is 5.21 Å². The van der Waals surface area contributed by atoms with Gasteiger partial charge in [0.1, 0.15) is 5.82 Å². The van der Waals surface area contributed by atoms with E-state index in [0.717, 1.165) is 22.1 Å². The minimum absolute atomic E-state index is 0.0443. The first-order chi connectivity index (χ1) is 9.63. The fourth-order valence-corrected chi connectivity index (χ4v) is 3.49. The van der Waals surface area contributed by atoms with Crippen molar-refractivity contribution in [1.29, 1.82) is 0 Å². The molecule has 0 saturated heterocycles. The van der Waals surface area contributed by atoms with Gasteiger partial charge < -0.3 is 10.9 Å². The number of nitrogens with two attached hydrogens (primary N) is 1. The van der Waals surface area contributed by atoms with E-state index in [1.54, 1.807) is 23.9 Å². The third kappa shape index (κ3) is 3.62. The zero-order valence-electron chi connectivity index (χ0n) is 10.7. The van der Waals surface area contributed by atoms with E-state index >= 15 is 0 Å². The molecule has 0 aliphatic rings. The lowest BCUT2D eigenvalue weighted by Crippen LogP contribution is -2.12. The van der Waals surface area contributed by atoms with E-state index in [9.17, 15) is 0 Å². The van der Waals surface area contributed by atoms with Crippen molar-refractivity contribution in [3.8, 4) is 0 Å². The maximum Gasteiger partial charge on any atom is 0.170 e. The normalized spacial score (nSPS) is 11.8. The molecule has 0 bridgehead atoms. The van der Waals surface area contributed by atoms with Crippen LogP contribution in [0.5, 0.6) is 0 Å². The highest BCUT2D eigenvalue weighted by atomic mass is 35.5. The van der Waals surface area contributed by atoms with Crippen LogP contribution in [0.2, 0.25) is 5.02 Å². The van der Waals surface area contributed by atoms with E-state index in [0.29, 0.717) is 16.3 Å². The summed E-state index contributed by atoms with van der Waals surface area (Å²) in [4.78, 5) is 4.39. The predicted molar refractivity (Wildman–Crippen MR) is 82.8 cm³/mol. The van der Waals surface area contributed by atoms with Gasteiger partial charge in [-0.1, -0.05) is 47.6 Å². The maximum absolute atomic E-state index is 8.63. The summed E-state index contributed by atoms with van der Waals surface area (Å²) in [5.41, 5.74) is 7.08. The van der Waals surface area contributed by atoms with E-state index in [1.807, 2.05) is 13.0 Å². The average Bonchev–Trinajstić information content (AvgIpc) is 2.93. The summed E-state index contributed by atoms with van der Waals surface area (Å²) in [7, 11) is 0. The van der Waals surface area contributed by atoms with E-state index < -0.39 is 0 Å². The number of aromatic nitrogens is 2. The predicted octanol–water partition coefficient (Wildman–Crippen LogP) is 3.14. The molecule has 0 atom stereocenters. The van der Waals surface area contributed by atoms with Crippen LogP contribution in [0.25, 0.3) is 0 Å². The number of aryl methyl sites for hydroxylation is 1. The molecule has 0 spiro atoms. The van der Waals surface area contributed by atoms with Gasteiger partial charge in [0, 0.05) is 22.8 Å². The summed E-state index contributed by atoms with van der Waals surface area (Å²) < 4.78 is 5.16. The Bertz CT molecular complexity index is 630. The van der Waals surface area contributed by atoms with Gasteiger partial charge in [-0.05, 0) is 23.2 Å². The van der Waals surface area contributed by atoms with Crippen LogP contribution in [0, 0.1) is 0 Å². The van der Waals surface area contributed by atoms with Crippen LogP contribution >= 0.6 is 34.9 Å². The van der Waals surface area contributed by atoms with E-state index in [1.165, 1.54) is 11.5 Å². The highest BCUT2D eigenvalue weighted by Crippen LogP contribution is 2.28. The van der Waals surface area contributed by atoms with Crippen molar-refractivity contribution in [2.24, 2.45) is 10.9 Å². The Morgan fingerprint density at radius 2 is 2.35 bits per heavy atom. The van der Waals surface area contributed by atoms with Gasteiger partial charge in [0.05, 0.1) is 0 Å². The number of hydrogen-bond donors (Lipinski definition) is 2. The van der Waals surface area contributed by atoms with Crippen LogP contribution in [0.4, 0.5) is 0 Å². The maximum atomic E-state index is 8.63. The minimum Gasteiger partial charge on any atom is -0.409 e. The van der Waals surface area contributed by atoms with Crippen LogP contribution in [0.15, 0.2) is 27.7 Å². The van der Waals surface area contributed by atoms with Gasteiger partial charge in [0.15, 0.2) is 10.2 Å². The molecule has 106 valence electrons. The van der Waals surface area contributed by atoms with Gasteiger partial charge in [-0.3, -0.25) is 0 Å². The van der Waals surface area contributed by atoms with Crippen molar-refractivity contribution in [3.05, 3.63) is 40.2 Å². The zero-order chi connectivity index (χ0) is 14.5. The Morgan fingerprint density at radius 3 is 2.95 bits per heavy atom. The first-order valence-corrected chi connectivity index (χ1v) is 7.99. The molecule has 0 aliphatic carbocycles. The van der Waals surface area contributed by atoms with Gasteiger partial charge >= 0.3 is 0 Å². The molecular weight excluding hydrogens is 316 g/mol. The number of benzene rings is 1. The first-order valence-electron chi connectivity index (χ1n) is 5.85. The molecule has 2 rings (SSSR count). The van der Waals surface area contributed by atoms with Crippen molar-refractivity contribution >= 4 is 40.7 Å². The number of halogens is 1. The Morgan fingerprint density at radius 1 is 1.55 bits per heavy atom. The second-order valence-corrected chi connectivity index (χ2v) is 6.29. The van der Waals surface area contributed by atoms with Crippen LogP contribution < -0.4 is 5.73 Å². The summed E-state index contributed by atoms with van der Waals surface area (Å²) in [5.74, 6) is 1.61. The number of nitrogens with zero attached hydrogens (tertiary/aromatic N) is 3. The Balaban J connectivity index is 2.06. The molecule has 0 fully saturated rings. The molecule has 3 N–H and O–H groups in total. The molecular formula is C12H13ClN4OS2. The quantitative estimate of drug-likeness (QED) is 0.289. The lowest BCUT2D eigenvalue weighted by molar-refractivity contribution is 0.318. The number of oxime groups is 1. The van der Waals surface area contributed by atoms with Crippen molar-refractivity contribution in [1.82, 2.24) is 9.36 Å².